The van der Waals surface area contributed by atoms with E-state index in [0.29, 0.717) is 6.04 Å². The molecule has 3 nitrogen and oxygen atoms in total. The zero-order chi connectivity index (χ0) is 15.8. The van der Waals surface area contributed by atoms with Gasteiger partial charge in [0, 0.05) is 37.8 Å². The Morgan fingerprint density at radius 3 is 2.70 bits per heavy atom. The normalized spacial score (nSPS) is 21.0. The predicted octanol–water partition coefficient (Wildman–Crippen LogP) is 2.88. The number of fused-ring (bicyclic) bond motifs is 2. The van der Waals surface area contributed by atoms with Crippen LogP contribution in [0.5, 0.6) is 0 Å². The highest BCUT2D eigenvalue weighted by atomic mass is 16.2. The quantitative estimate of drug-likeness (QED) is 0.852. The second-order valence-electron chi connectivity index (χ2n) is 6.69. The molecule has 0 unspecified atom stereocenters. The average molecular weight is 306 g/mol. The van der Waals surface area contributed by atoms with Crippen LogP contribution in [0.1, 0.15) is 27.0 Å². The van der Waals surface area contributed by atoms with E-state index in [2.05, 4.69) is 52.3 Å². The molecule has 1 atom stereocenters. The topological polar surface area (TPSA) is 23.6 Å². The fourth-order valence-electron chi connectivity index (χ4n) is 3.95. The first-order chi connectivity index (χ1) is 11.2. The summed E-state index contributed by atoms with van der Waals surface area (Å²) in [5, 5.41) is 0. The number of hydrogen-bond acceptors (Lipinski definition) is 2. The second kappa shape index (κ2) is 5.82. The number of piperazine rings is 1. The van der Waals surface area contributed by atoms with E-state index in [0.717, 1.165) is 43.7 Å². The van der Waals surface area contributed by atoms with Gasteiger partial charge in [0.25, 0.3) is 5.91 Å². The lowest BCUT2D eigenvalue weighted by molar-refractivity contribution is 0.0401. The fraction of sp³-hybridized carbons (Fsp3) is 0.350. The third-order valence-electron chi connectivity index (χ3n) is 5.11. The molecule has 0 aliphatic carbocycles. The summed E-state index contributed by atoms with van der Waals surface area (Å²) in [6.45, 7) is 5.78. The van der Waals surface area contributed by atoms with Crippen LogP contribution >= 0.6 is 0 Å². The second-order valence-corrected chi connectivity index (χ2v) is 6.69. The van der Waals surface area contributed by atoms with E-state index < -0.39 is 0 Å². The maximum atomic E-state index is 12.8. The van der Waals surface area contributed by atoms with Gasteiger partial charge in [-0.1, -0.05) is 48.5 Å². The summed E-state index contributed by atoms with van der Waals surface area (Å²) in [5.74, 6) is 0.230. The smallest absolute Gasteiger partial charge is 0.254 e. The molecule has 2 aromatic rings. The Labute approximate surface area is 137 Å². The predicted molar refractivity (Wildman–Crippen MR) is 91.4 cm³/mol. The number of amides is 1. The van der Waals surface area contributed by atoms with Crippen LogP contribution in [0.2, 0.25) is 0 Å². The first kappa shape index (κ1) is 14.5. The van der Waals surface area contributed by atoms with Crippen molar-refractivity contribution >= 4 is 5.91 Å². The zero-order valence-electron chi connectivity index (χ0n) is 13.5. The summed E-state index contributed by atoms with van der Waals surface area (Å²) in [7, 11) is 0. The van der Waals surface area contributed by atoms with Crippen molar-refractivity contribution < 1.29 is 4.79 Å². The van der Waals surface area contributed by atoms with Gasteiger partial charge in [-0.3, -0.25) is 9.69 Å². The molecule has 118 valence electrons. The highest BCUT2D eigenvalue weighted by molar-refractivity contribution is 5.98. The largest absolute Gasteiger partial charge is 0.333 e. The molecule has 1 saturated heterocycles. The molecule has 2 heterocycles. The molecule has 4 rings (SSSR count). The Morgan fingerprint density at radius 2 is 1.87 bits per heavy atom. The van der Waals surface area contributed by atoms with Gasteiger partial charge in [0.05, 0.1) is 0 Å². The molecule has 2 aromatic carbocycles. The Hall–Kier alpha value is -2.13. The zero-order valence-corrected chi connectivity index (χ0v) is 13.5. The third kappa shape index (κ3) is 2.66. The van der Waals surface area contributed by atoms with Crippen LogP contribution in [0.4, 0.5) is 0 Å². The highest BCUT2D eigenvalue weighted by Crippen LogP contribution is 2.28. The molecular weight excluding hydrogens is 284 g/mol. The van der Waals surface area contributed by atoms with E-state index in [9.17, 15) is 4.79 Å². The van der Waals surface area contributed by atoms with E-state index in [4.69, 9.17) is 0 Å². The molecule has 23 heavy (non-hydrogen) atoms. The first-order valence-corrected chi connectivity index (χ1v) is 8.38. The number of aryl methyl sites for hydroxylation is 1. The summed E-state index contributed by atoms with van der Waals surface area (Å²) in [4.78, 5) is 17.4. The van der Waals surface area contributed by atoms with Crippen molar-refractivity contribution in [3.05, 3.63) is 70.8 Å². The Balaban J connectivity index is 1.54. The summed E-state index contributed by atoms with van der Waals surface area (Å²) in [6.07, 6.45) is 0.980. The van der Waals surface area contributed by atoms with Gasteiger partial charge in [0.1, 0.15) is 0 Å². The van der Waals surface area contributed by atoms with E-state index in [1.807, 2.05) is 13.0 Å². The van der Waals surface area contributed by atoms with Gasteiger partial charge in [-0.15, -0.1) is 0 Å². The van der Waals surface area contributed by atoms with Gasteiger partial charge in [-0.05, 0) is 30.0 Å². The van der Waals surface area contributed by atoms with Crippen molar-refractivity contribution in [1.29, 1.82) is 0 Å². The molecule has 0 N–H and O–H groups in total. The molecule has 1 amide bonds. The van der Waals surface area contributed by atoms with E-state index in [1.165, 1.54) is 11.1 Å². The minimum Gasteiger partial charge on any atom is -0.333 e. The van der Waals surface area contributed by atoms with Crippen molar-refractivity contribution in [3.63, 3.8) is 0 Å². The van der Waals surface area contributed by atoms with E-state index >= 15 is 0 Å². The molecule has 0 radical (unpaired) electrons. The molecule has 2 aliphatic heterocycles. The molecule has 0 spiro atoms. The molecule has 1 fully saturated rings. The number of hydrogen-bond donors (Lipinski definition) is 0. The standard InChI is InChI=1S/C20H22N2O/c1-15-6-5-9-17-12-18-14-21(13-16-7-3-2-4-8-16)10-11-22(18)20(23)19(15)17/h2-9,18H,10-14H2,1H3/t18-/m1/s1. The van der Waals surface area contributed by atoms with E-state index in [-0.39, 0.29) is 5.91 Å². The van der Waals surface area contributed by atoms with Crippen molar-refractivity contribution in [2.45, 2.75) is 25.9 Å². The van der Waals surface area contributed by atoms with Gasteiger partial charge in [0.15, 0.2) is 0 Å². The minimum atomic E-state index is 0.230. The monoisotopic (exact) mass is 306 g/mol. The Kier molecular flexibility index (Phi) is 3.66. The summed E-state index contributed by atoms with van der Waals surface area (Å²) >= 11 is 0. The van der Waals surface area contributed by atoms with Crippen LogP contribution in [-0.4, -0.2) is 41.4 Å². The Morgan fingerprint density at radius 1 is 1.04 bits per heavy atom. The van der Waals surface area contributed by atoms with Crippen LogP contribution in [0, 0.1) is 6.92 Å². The van der Waals surface area contributed by atoms with Crippen LogP contribution in [0.15, 0.2) is 48.5 Å². The molecule has 0 aromatic heterocycles. The third-order valence-corrected chi connectivity index (χ3v) is 5.11. The molecule has 0 bridgehead atoms. The first-order valence-electron chi connectivity index (χ1n) is 8.38. The van der Waals surface area contributed by atoms with Crippen molar-refractivity contribution in [3.8, 4) is 0 Å². The van der Waals surface area contributed by atoms with Gasteiger partial charge >= 0.3 is 0 Å². The average Bonchev–Trinajstić information content (AvgIpc) is 2.55. The molecular formula is C20H22N2O. The SMILES string of the molecule is Cc1cccc2c1C(=O)N1CCN(Cc3ccccc3)C[C@H]1C2. The molecule has 3 heteroatoms. The van der Waals surface area contributed by atoms with Crippen molar-refractivity contribution in [1.82, 2.24) is 9.80 Å². The maximum absolute atomic E-state index is 12.8. The van der Waals surface area contributed by atoms with Gasteiger partial charge in [-0.2, -0.15) is 0 Å². The maximum Gasteiger partial charge on any atom is 0.254 e. The minimum absolute atomic E-state index is 0.230. The number of rotatable bonds is 2. The summed E-state index contributed by atoms with van der Waals surface area (Å²) in [6, 6.07) is 17.1. The number of benzene rings is 2. The number of nitrogens with zero attached hydrogens (tertiary/aromatic N) is 2. The number of carbonyl (C=O) groups excluding carboxylic acids is 1. The molecule has 2 aliphatic rings. The molecule has 0 saturated carbocycles. The summed E-state index contributed by atoms with van der Waals surface area (Å²) in [5.41, 5.74) is 4.62. The van der Waals surface area contributed by atoms with Crippen LogP contribution in [0.25, 0.3) is 0 Å². The van der Waals surface area contributed by atoms with Gasteiger partial charge in [-0.25, -0.2) is 0 Å². The van der Waals surface area contributed by atoms with E-state index in [1.54, 1.807) is 0 Å². The lowest BCUT2D eigenvalue weighted by atomic mass is 9.89. The highest BCUT2D eigenvalue weighted by Gasteiger charge is 2.36. The number of carbonyl (C=O) groups is 1. The van der Waals surface area contributed by atoms with Crippen LogP contribution in [0.3, 0.4) is 0 Å². The summed E-state index contributed by atoms with van der Waals surface area (Å²) < 4.78 is 0. The Bertz CT molecular complexity index is 726. The van der Waals surface area contributed by atoms with Gasteiger partial charge in [0.2, 0.25) is 0 Å². The van der Waals surface area contributed by atoms with Crippen LogP contribution in [-0.2, 0) is 13.0 Å². The van der Waals surface area contributed by atoms with Crippen molar-refractivity contribution in [2.75, 3.05) is 19.6 Å². The lowest BCUT2D eigenvalue weighted by Gasteiger charge is -2.44. The lowest BCUT2D eigenvalue weighted by Crippen LogP contribution is -2.57. The van der Waals surface area contributed by atoms with Crippen LogP contribution < -0.4 is 0 Å². The van der Waals surface area contributed by atoms with Gasteiger partial charge < -0.3 is 4.90 Å². The van der Waals surface area contributed by atoms with Crippen molar-refractivity contribution in [2.24, 2.45) is 0 Å². The fourth-order valence-corrected chi connectivity index (χ4v) is 3.95.